The molecule has 0 spiro atoms. The molecule has 1 heterocycles. The lowest BCUT2D eigenvalue weighted by atomic mass is 9.98. The molecule has 7 nitrogen and oxygen atoms in total. The number of carbonyl (C=O) groups is 3. The molecule has 2 aliphatic rings. The first-order valence-corrected chi connectivity index (χ1v) is 11.8. The molecule has 1 saturated heterocycles. The van der Waals surface area contributed by atoms with Gasteiger partial charge in [0.05, 0.1) is 0 Å². The second-order valence-corrected chi connectivity index (χ2v) is 9.24. The van der Waals surface area contributed by atoms with Crippen LogP contribution in [0.1, 0.15) is 30.4 Å². The number of nitrogens with zero attached hydrogens (tertiary/aromatic N) is 1. The van der Waals surface area contributed by atoms with Gasteiger partial charge in [0.25, 0.3) is 0 Å². The number of ether oxygens (including phenoxy) is 1. The van der Waals surface area contributed by atoms with Crippen molar-refractivity contribution in [2.45, 2.75) is 31.3 Å². The molecule has 2 N–H and O–H groups in total. The number of aliphatic carboxylic acids is 1. The second kappa shape index (κ2) is 9.65. The van der Waals surface area contributed by atoms with E-state index in [2.05, 4.69) is 29.6 Å². The van der Waals surface area contributed by atoms with Crippen LogP contribution in [0.5, 0.6) is 0 Å². The largest absolute Gasteiger partial charge is 0.480 e. The number of hydrogen-bond acceptors (Lipinski definition) is 5. The van der Waals surface area contributed by atoms with Gasteiger partial charge in [-0.15, -0.1) is 0 Å². The summed E-state index contributed by atoms with van der Waals surface area (Å²) in [5, 5.41) is 12.1. The highest BCUT2D eigenvalue weighted by Gasteiger charge is 2.33. The quantitative estimate of drug-likeness (QED) is 0.695. The number of hydrogen-bond donors (Lipinski definition) is 2. The van der Waals surface area contributed by atoms with E-state index < -0.39 is 24.1 Å². The SMILES string of the molecule is C[C@@H](CC(=O)N1CCSCC1C(=O)O)NC(=O)OCC1c2ccccc2-c2ccccc21. The zero-order valence-electron chi connectivity index (χ0n) is 17.8. The van der Waals surface area contributed by atoms with Gasteiger partial charge in [0, 0.05) is 36.4 Å². The van der Waals surface area contributed by atoms with Gasteiger partial charge in [0.2, 0.25) is 5.91 Å². The molecule has 0 saturated carbocycles. The Kier molecular flexibility index (Phi) is 6.69. The Morgan fingerprint density at radius 3 is 2.38 bits per heavy atom. The van der Waals surface area contributed by atoms with Gasteiger partial charge >= 0.3 is 12.1 Å². The van der Waals surface area contributed by atoms with Gasteiger partial charge in [-0.25, -0.2) is 9.59 Å². The van der Waals surface area contributed by atoms with Crippen molar-refractivity contribution in [3.63, 3.8) is 0 Å². The molecule has 2 amide bonds. The Labute approximate surface area is 191 Å². The standard InChI is InChI=1S/C24H26N2O5S/c1-15(12-22(27)26-10-11-32-14-21(26)23(28)29)25-24(30)31-13-20-18-8-4-2-6-16(18)17-7-3-5-9-19(17)20/h2-9,15,20-21H,10-14H2,1H3,(H,25,30)(H,28,29)/t15-,21?/m0/s1. The van der Waals surface area contributed by atoms with Crippen LogP contribution in [0.4, 0.5) is 4.79 Å². The minimum Gasteiger partial charge on any atom is -0.480 e. The third-order valence-electron chi connectivity index (χ3n) is 5.92. The summed E-state index contributed by atoms with van der Waals surface area (Å²) in [7, 11) is 0. The summed E-state index contributed by atoms with van der Waals surface area (Å²) in [6.45, 7) is 2.32. The Bertz CT molecular complexity index is 981. The lowest BCUT2D eigenvalue weighted by Crippen LogP contribution is -2.51. The zero-order chi connectivity index (χ0) is 22.7. The van der Waals surface area contributed by atoms with Gasteiger partial charge in [0.1, 0.15) is 12.6 Å². The van der Waals surface area contributed by atoms with E-state index in [9.17, 15) is 19.5 Å². The average Bonchev–Trinajstić information content (AvgIpc) is 3.11. The maximum Gasteiger partial charge on any atom is 0.407 e. The van der Waals surface area contributed by atoms with Crippen LogP contribution < -0.4 is 5.32 Å². The van der Waals surface area contributed by atoms with Crippen LogP contribution in [0.3, 0.4) is 0 Å². The third-order valence-corrected chi connectivity index (χ3v) is 6.95. The number of carboxylic acids is 1. The predicted molar refractivity (Wildman–Crippen MR) is 123 cm³/mol. The fourth-order valence-electron chi connectivity index (χ4n) is 4.38. The molecule has 1 aliphatic heterocycles. The number of carboxylic acid groups (broad SMARTS) is 1. The van der Waals surface area contributed by atoms with E-state index in [1.807, 2.05) is 24.3 Å². The van der Waals surface area contributed by atoms with Gasteiger partial charge in [0.15, 0.2) is 0 Å². The van der Waals surface area contributed by atoms with Gasteiger partial charge in [-0.05, 0) is 29.2 Å². The van der Waals surface area contributed by atoms with Crippen molar-refractivity contribution in [1.82, 2.24) is 10.2 Å². The van der Waals surface area contributed by atoms with Gasteiger partial charge in [-0.1, -0.05) is 48.5 Å². The molecular weight excluding hydrogens is 428 g/mol. The summed E-state index contributed by atoms with van der Waals surface area (Å²) < 4.78 is 5.52. The molecule has 32 heavy (non-hydrogen) atoms. The third kappa shape index (κ3) is 4.60. The minimum atomic E-state index is -0.998. The number of alkyl carbamates (subject to hydrolysis) is 1. The number of amides is 2. The molecule has 0 radical (unpaired) electrons. The minimum absolute atomic E-state index is 0.0264. The van der Waals surface area contributed by atoms with E-state index in [0.29, 0.717) is 18.1 Å². The first-order chi connectivity index (χ1) is 15.5. The van der Waals surface area contributed by atoms with Gasteiger partial charge in [-0.3, -0.25) is 4.79 Å². The monoisotopic (exact) mass is 454 g/mol. The summed E-state index contributed by atoms with van der Waals surface area (Å²) in [5.41, 5.74) is 4.58. The van der Waals surface area contributed by atoms with Gasteiger partial charge in [-0.2, -0.15) is 11.8 Å². The van der Waals surface area contributed by atoms with E-state index in [1.54, 1.807) is 6.92 Å². The van der Waals surface area contributed by atoms with Crippen molar-refractivity contribution >= 4 is 29.7 Å². The number of nitrogens with one attached hydrogen (secondary N) is 1. The van der Waals surface area contributed by atoms with Crippen LogP contribution in [0.25, 0.3) is 11.1 Å². The maximum absolute atomic E-state index is 12.6. The number of benzene rings is 2. The van der Waals surface area contributed by atoms with E-state index in [1.165, 1.54) is 16.7 Å². The summed E-state index contributed by atoms with van der Waals surface area (Å²) in [6, 6.07) is 14.9. The molecule has 1 unspecified atom stereocenters. The van der Waals surface area contributed by atoms with Crippen molar-refractivity contribution in [2.24, 2.45) is 0 Å². The van der Waals surface area contributed by atoms with Crippen LogP contribution >= 0.6 is 11.8 Å². The van der Waals surface area contributed by atoms with E-state index >= 15 is 0 Å². The van der Waals surface area contributed by atoms with Crippen LogP contribution in [-0.4, -0.2) is 64.7 Å². The van der Waals surface area contributed by atoms with Crippen molar-refractivity contribution < 1.29 is 24.2 Å². The molecule has 4 rings (SSSR count). The first-order valence-electron chi connectivity index (χ1n) is 10.7. The molecule has 2 aromatic carbocycles. The number of fused-ring (bicyclic) bond motifs is 3. The molecular formula is C24H26N2O5S. The van der Waals surface area contributed by atoms with Crippen LogP contribution in [-0.2, 0) is 14.3 Å². The normalized spacial score (nSPS) is 18.4. The Balaban J connectivity index is 1.32. The van der Waals surface area contributed by atoms with Crippen molar-refractivity contribution in [2.75, 3.05) is 24.7 Å². The molecule has 2 aromatic rings. The second-order valence-electron chi connectivity index (χ2n) is 8.09. The molecule has 1 fully saturated rings. The van der Waals surface area contributed by atoms with E-state index in [-0.39, 0.29) is 24.9 Å². The maximum atomic E-state index is 12.6. The number of thioether (sulfide) groups is 1. The van der Waals surface area contributed by atoms with Crippen molar-refractivity contribution in [1.29, 1.82) is 0 Å². The lowest BCUT2D eigenvalue weighted by Gasteiger charge is -2.33. The summed E-state index contributed by atoms with van der Waals surface area (Å²) in [6.07, 6.45) is -0.560. The fourth-order valence-corrected chi connectivity index (χ4v) is 5.42. The number of rotatable bonds is 6. The predicted octanol–water partition coefficient (Wildman–Crippen LogP) is 3.33. The molecule has 2 atom stereocenters. The summed E-state index contributed by atoms with van der Waals surface area (Å²) in [4.78, 5) is 37.8. The fraction of sp³-hybridized carbons (Fsp3) is 0.375. The lowest BCUT2D eigenvalue weighted by molar-refractivity contribution is -0.149. The Hall–Kier alpha value is -3.00. The van der Waals surface area contributed by atoms with Crippen LogP contribution in [0, 0.1) is 0 Å². The Morgan fingerprint density at radius 1 is 1.12 bits per heavy atom. The van der Waals surface area contributed by atoms with Crippen molar-refractivity contribution in [3.8, 4) is 11.1 Å². The highest BCUT2D eigenvalue weighted by atomic mass is 32.2. The molecule has 168 valence electrons. The highest BCUT2D eigenvalue weighted by molar-refractivity contribution is 7.99. The van der Waals surface area contributed by atoms with Crippen LogP contribution in [0.2, 0.25) is 0 Å². The van der Waals surface area contributed by atoms with E-state index in [0.717, 1.165) is 22.3 Å². The smallest absolute Gasteiger partial charge is 0.407 e. The molecule has 1 aliphatic carbocycles. The average molecular weight is 455 g/mol. The molecule has 8 heteroatoms. The number of carbonyl (C=O) groups excluding carboxylic acids is 2. The Morgan fingerprint density at radius 2 is 1.75 bits per heavy atom. The topological polar surface area (TPSA) is 95.9 Å². The first kappa shape index (κ1) is 22.2. The molecule has 0 aromatic heterocycles. The van der Waals surface area contributed by atoms with E-state index in [4.69, 9.17) is 4.74 Å². The highest BCUT2D eigenvalue weighted by Crippen LogP contribution is 2.44. The summed E-state index contributed by atoms with van der Waals surface area (Å²) in [5.74, 6) is -0.210. The summed E-state index contributed by atoms with van der Waals surface area (Å²) >= 11 is 1.53. The van der Waals surface area contributed by atoms with Crippen molar-refractivity contribution in [3.05, 3.63) is 59.7 Å². The van der Waals surface area contributed by atoms with Gasteiger partial charge < -0.3 is 20.1 Å². The van der Waals surface area contributed by atoms with Crippen LogP contribution in [0.15, 0.2) is 48.5 Å². The zero-order valence-corrected chi connectivity index (χ0v) is 18.6. The molecule has 0 bridgehead atoms.